The smallest absolute Gasteiger partial charge is 0.309 e. The molecular formula is C12H20N4O3. The molecule has 1 atom stereocenters. The van der Waals surface area contributed by atoms with E-state index in [4.69, 9.17) is 9.84 Å². The molecule has 0 saturated carbocycles. The van der Waals surface area contributed by atoms with E-state index in [2.05, 4.69) is 29.1 Å². The van der Waals surface area contributed by atoms with Gasteiger partial charge in [0.2, 0.25) is 0 Å². The summed E-state index contributed by atoms with van der Waals surface area (Å²) in [4.78, 5) is 12.9. The monoisotopic (exact) mass is 268 g/mol. The van der Waals surface area contributed by atoms with Gasteiger partial charge in [-0.05, 0) is 13.8 Å². The van der Waals surface area contributed by atoms with E-state index in [1.54, 1.807) is 10.9 Å². The predicted molar refractivity (Wildman–Crippen MR) is 67.8 cm³/mol. The van der Waals surface area contributed by atoms with Crippen LogP contribution in [0.25, 0.3) is 0 Å². The molecule has 1 aliphatic heterocycles. The van der Waals surface area contributed by atoms with E-state index in [0.29, 0.717) is 18.3 Å². The van der Waals surface area contributed by atoms with Gasteiger partial charge in [-0.2, -0.15) is 0 Å². The summed E-state index contributed by atoms with van der Waals surface area (Å²) in [6, 6.07) is 0.504. The molecule has 0 aliphatic carbocycles. The van der Waals surface area contributed by atoms with Crippen molar-refractivity contribution < 1.29 is 14.6 Å². The molecular weight excluding hydrogens is 248 g/mol. The van der Waals surface area contributed by atoms with Gasteiger partial charge in [0.25, 0.3) is 0 Å². The van der Waals surface area contributed by atoms with E-state index < -0.39 is 5.97 Å². The van der Waals surface area contributed by atoms with Crippen LogP contribution in [-0.2, 0) is 22.5 Å². The van der Waals surface area contributed by atoms with Crippen LogP contribution in [0.5, 0.6) is 0 Å². The maximum atomic E-state index is 10.6. The first kappa shape index (κ1) is 14.0. The average molecular weight is 268 g/mol. The summed E-state index contributed by atoms with van der Waals surface area (Å²) in [6.07, 6.45) is 1.66. The highest BCUT2D eigenvalue weighted by Crippen LogP contribution is 2.10. The number of ether oxygens (including phenoxy) is 1. The van der Waals surface area contributed by atoms with Crippen LogP contribution >= 0.6 is 0 Å². The molecule has 106 valence electrons. The number of carboxylic acids is 1. The minimum Gasteiger partial charge on any atom is -0.481 e. The zero-order valence-corrected chi connectivity index (χ0v) is 11.3. The van der Waals surface area contributed by atoms with Crippen molar-refractivity contribution in [2.24, 2.45) is 0 Å². The topological polar surface area (TPSA) is 80.5 Å². The van der Waals surface area contributed by atoms with Crippen LogP contribution in [-0.4, -0.2) is 62.8 Å². The van der Waals surface area contributed by atoms with Crippen LogP contribution in [0, 0.1) is 0 Å². The molecule has 7 nitrogen and oxygen atoms in total. The van der Waals surface area contributed by atoms with Gasteiger partial charge < -0.3 is 9.84 Å². The van der Waals surface area contributed by atoms with Crippen LogP contribution in [0.4, 0.5) is 0 Å². The summed E-state index contributed by atoms with van der Waals surface area (Å²) in [5.74, 6) is -0.896. The number of nitrogens with zero attached hydrogens (tertiary/aromatic N) is 4. The Hall–Kier alpha value is -1.47. The maximum Gasteiger partial charge on any atom is 0.309 e. The van der Waals surface area contributed by atoms with Crippen molar-refractivity contribution in [1.29, 1.82) is 0 Å². The summed E-state index contributed by atoms with van der Waals surface area (Å²) in [5, 5.41) is 16.5. The van der Waals surface area contributed by atoms with E-state index in [1.165, 1.54) is 0 Å². The van der Waals surface area contributed by atoms with Crippen LogP contribution in [0.1, 0.15) is 19.5 Å². The Kier molecular flexibility index (Phi) is 4.49. The van der Waals surface area contributed by atoms with Crippen LogP contribution < -0.4 is 0 Å². The molecule has 2 heterocycles. The number of aromatic nitrogens is 3. The van der Waals surface area contributed by atoms with Gasteiger partial charge in [0, 0.05) is 25.3 Å². The van der Waals surface area contributed by atoms with Gasteiger partial charge in [0.1, 0.15) is 0 Å². The highest BCUT2D eigenvalue weighted by atomic mass is 16.5. The molecule has 1 unspecified atom stereocenters. The minimum atomic E-state index is -0.896. The Labute approximate surface area is 112 Å². The fourth-order valence-corrected chi connectivity index (χ4v) is 2.19. The summed E-state index contributed by atoms with van der Waals surface area (Å²) in [7, 11) is 0. The molecule has 19 heavy (non-hydrogen) atoms. The van der Waals surface area contributed by atoms with Crippen LogP contribution in [0.3, 0.4) is 0 Å². The van der Waals surface area contributed by atoms with Gasteiger partial charge in [0.15, 0.2) is 0 Å². The van der Waals surface area contributed by atoms with E-state index in [9.17, 15) is 4.79 Å². The van der Waals surface area contributed by atoms with Crippen molar-refractivity contribution >= 4 is 5.97 Å². The van der Waals surface area contributed by atoms with Gasteiger partial charge in [-0.25, -0.2) is 4.68 Å². The number of carboxylic acid groups (broad SMARTS) is 1. The number of hydrogen-bond acceptors (Lipinski definition) is 5. The summed E-state index contributed by atoms with van der Waals surface area (Å²) < 4.78 is 7.37. The van der Waals surface area contributed by atoms with E-state index in [1.807, 2.05) is 0 Å². The van der Waals surface area contributed by atoms with Crippen LogP contribution in [0.2, 0.25) is 0 Å². The molecule has 1 fully saturated rings. The third-order valence-electron chi connectivity index (χ3n) is 3.21. The molecule has 0 spiro atoms. The fraction of sp³-hybridized carbons (Fsp3) is 0.750. The second kappa shape index (κ2) is 6.12. The Morgan fingerprint density at radius 2 is 2.42 bits per heavy atom. The lowest BCUT2D eigenvalue weighted by Gasteiger charge is -2.35. The molecule has 2 rings (SSSR count). The van der Waals surface area contributed by atoms with Crippen molar-refractivity contribution in [3.05, 3.63) is 11.9 Å². The lowest BCUT2D eigenvalue weighted by Crippen LogP contribution is -2.47. The normalized spacial score (nSPS) is 20.9. The highest BCUT2D eigenvalue weighted by Gasteiger charge is 2.23. The van der Waals surface area contributed by atoms with E-state index in [0.717, 1.165) is 19.7 Å². The molecule has 7 heteroatoms. The Morgan fingerprint density at radius 1 is 1.63 bits per heavy atom. The summed E-state index contributed by atoms with van der Waals surface area (Å²) in [6.45, 7) is 7.49. The zero-order chi connectivity index (χ0) is 13.8. The first-order chi connectivity index (χ1) is 9.04. The third kappa shape index (κ3) is 4.00. The van der Waals surface area contributed by atoms with Crippen molar-refractivity contribution in [2.45, 2.75) is 39.0 Å². The standard InChI is InChI=1S/C12H20N4O3/c1-9(2)15-3-4-19-11(7-15)8-16-6-10(13-14-16)5-12(17)18/h6,9,11H,3-5,7-8H2,1-2H3,(H,17,18). The number of carbonyl (C=O) groups is 1. The Morgan fingerprint density at radius 3 is 3.11 bits per heavy atom. The van der Waals surface area contributed by atoms with Gasteiger partial charge in [-0.3, -0.25) is 9.69 Å². The molecule has 1 N–H and O–H groups in total. The molecule has 1 aromatic rings. The van der Waals surface area contributed by atoms with Crippen molar-refractivity contribution in [3.8, 4) is 0 Å². The molecule has 1 aromatic heterocycles. The lowest BCUT2D eigenvalue weighted by molar-refractivity contribution is -0.136. The van der Waals surface area contributed by atoms with Crippen molar-refractivity contribution in [3.63, 3.8) is 0 Å². The SMILES string of the molecule is CC(C)N1CCOC(Cn2cc(CC(=O)O)nn2)C1. The number of morpholine rings is 1. The fourth-order valence-electron chi connectivity index (χ4n) is 2.19. The zero-order valence-electron chi connectivity index (χ0n) is 11.3. The minimum absolute atomic E-state index is 0.0792. The number of hydrogen-bond donors (Lipinski definition) is 1. The van der Waals surface area contributed by atoms with E-state index in [-0.39, 0.29) is 12.5 Å². The summed E-state index contributed by atoms with van der Waals surface area (Å²) >= 11 is 0. The predicted octanol–water partition coefficient (Wildman–Crippen LogP) is 0.0144. The molecule has 0 amide bonds. The second-order valence-electron chi connectivity index (χ2n) is 5.08. The van der Waals surface area contributed by atoms with Gasteiger partial charge in [-0.1, -0.05) is 5.21 Å². The van der Waals surface area contributed by atoms with Gasteiger partial charge >= 0.3 is 5.97 Å². The van der Waals surface area contributed by atoms with E-state index >= 15 is 0 Å². The molecule has 0 radical (unpaired) electrons. The first-order valence-electron chi connectivity index (χ1n) is 6.51. The van der Waals surface area contributed by atoms with Gasteiger partial charge in [0.05, 0.1) is 31.4 Å². The number of rotatable bonds is 5. The lowest BCUT2D eigenvalue weighted by atomic mass is 10.2. The molecule has 1 aliphatic rings. The third-order valence-corrected chi connectivity index (χ3v) is 3.21. The second-order valence-corrected chi connectivity index (χ2v) is 5.08. The van der Waals surface area contributed by atoms with Crippen molar-refractivity contribution in [1.82, 2.24) is 19.9 Å². The Balaban J connectivity index is 1.89. The quantitative estimate of drug-likeness (QED) is 0.810. The van der Waals surface area contributed by atoms with Gasteiger partial charge in [-0.15, -0.1) is 5.10 Å². The molecule has 0 bridgehead atoms. The van der Waals surface area contributed by atoms with Crippen LogP contribution in [0.15, 0.2) is 6.20 Å². The average Bonchev–Trinajstić information content (AvgIpc) is 2.76. The largest absolute Gasteiger partial charge is 0.481 e. The Bertz CT molecular complexity index is 432. The highest BCUT2D eigenvalue weighted by molar-refractivity contribution is 5.69. The molecule has 1 saturated heterocycles. The maximum absolute atomic E-state index is 10.6. The summed E-state index contributed by atoms with van der Waals surface area (Å²) in [5.41, 5.74) is 0.476. The first-order valence-corrected chi connectivity index (χ1v) is 6.51. The molecule has 0 aromatic carbocycles. The number of aliphatic carboxylic acids is 1. The van der Waals surface area contributed by atoms with Crippen molar-refractivity contribution in [2.75, 3.05) is 19.7 Å².